The number of nitrogens with zero attached hydrogens (tertiary/aromatic N) is 2. The fourth-order valence-electron chi connectivity index (χ4n) is 1.91. The van der Waals surface area contributed by atoms with Crippen LogP contribution in [0.4, 0.5) is 0 Å². The second-order valence-electron chi connectivity index (χ2n) is 4.22. The molecule has 0 unspecified atom stereocenters. The summed E-state index contributed by atoms with van der Waals surface area (Å²) in [5.74, 6) is 0. The molecule has 0 amide bonds. The molecule has 18 heavy (non-hydrogen) atoms. The minimum absolute atomic E-state index is 0.861. The fourth-order valence-corrected chi connectivity index (χ4v) is 3.04. The van der Waals surface area contributed by atoms with Gasteiger partial charge in [-0.15, -0.1) is 0 Å². The van der Waals surface area contributed by atoms with Gasteiger partial charge in [0.15, 0.2) is 0 Å². The molecular weight excluding hydrogens is 310 g/mol. The lowest BCUT2D eigenvalue weighted by Gasteiger charge is -2.07. The highest BCUT2D eigenvalue weighted by molar-refractivity contribution is 9.10. The van der Waals surface area contributed by atoms with E-state index in [1.54, 1.807) is 11.3 Å². The monoisotopic (exact) mass is 327 g/mol. The lowest BCUT2D eigenvalue weighted by atomic mass is 10.2. The maximum atomic E-state index is 4.49. The number of aryl methyl sites for hydroxylation is 2. The Morgan fingerprint density at radius 2 is 2.33 bits per heavy atom. The predicted octanol–water partition coefficient (Wildman–Crippen LogP) is 3.37. The van der Waals surface area contributed by atoms with E-state index in [9.17, 15) is 0 Å². The summed E-state index contributed by atoms with van der Waals surface area (Å²) >= 11 is 5.37. The molecule has 0 saturated carbocycles. The van der Waals surface area contributed by atoms with Crippen LogP contribution in [0.2, 0.25) is 0 Å². The number of nitrogens with one attached hydrogen (secondary N) is 1. The number of aromatic nitrogens is 2. The van der Waals surface area contributed by atoms with Gasteiger partial charge in [-0.2, -0.15) is 16.4 Å². The Kier molecular flexibility index (Phi) is 4.97. The van der Waals surface area contributed by atoms with Crippen LogP contribution in [0.25, 0.3) is 0 Å². The summed E-state index contributed by atoms with van der Waals surface area (Å²) in [6.07, 6.45) is 1.08. The van der Waals surface area contributed by atoms with Crippen molar-refractivity contribution in [2.24, 2.45) is 0 Å². The molecule has 2 aromatic rings. The Balaban J connectivity index is 1.86. The summed E-state index contributed by atoms with van der Waals surface area (Å²) in [7, 11) is 0. The van der Waals surface area contributed by atoms with E-state index in [2.05, 4.69) is 54.8 Å². The van der Waals surface area contributed by atoms with Crippen LogP contribution in [0.1, 0.15) is 23.9 Å². The van der Waals surface area contributed by atoms with Crippen LogP contribution in [-0.2, 0) is 19.5 Å². The standard InChI is InChI=1S/C13H18BrN3S/c1-3-17-12(13(14)10(2)16-17)8-15-6-4-11-5-7-18-9-11/h5,7,9,15H,3-4,6,8H2,1-2H3. The minimum Gasteiger partial charge on any atom is -0.311 e. The summed E-state index contributed by atoms with van der Waals surface area (Å²) in [5, 5.41) is 12.3. The zero-order chi connectivity index (χ0) is 13.0. The van der Waals surface area contributed by atoms with E-state index in [1.807, 2.05) is 6.92 Å². The highest BCUT2D eigenvalue weighted by atomic mass is 79.9. The summed E-state index contributed by atoms with van der Waals surface area (Å²) in [5.41, 5.74) is 3.71. The molecule has 0 bridgehead atoms. The van der Waals surface area contributed by atoms with Gasteiger partial charge < -0.3 is 5.32 Å². The Morgan fingerprint density at radius 3 is 3.00 bits per heavy atom. The van der Waals surface area contributed by atoms with Crippen LogP contribution < -0.4 is 5.32 Å². The number of halogens is 1. The van der Waals surface area contributed by atoms with Gasteiger partial charge in [-0.1, -0.05) is 0 Å². The van der Waals surface area contributed by atoms with Crippen molar-refractivity contribution in [3.8, 4) is 0 Å². The molecule has 2 heterocycles. The normalized spacial score (nSPS) is 11.1. The summed E-state index contributed by atoms with van der Waals surface area (Å²) < 4.78 is 3.18. The first-order valence-electron chi connectivity index (χ1n) is 6.16. The van der Waals surface area contributed by atoms with E-state index in [1.165, 1.54) is 11.3 Å². The van der Waals surface area contributed by atoms with Crippen molar-refractivity contribution >= 4 is 27.3 Å². The zero-order valence-corrected chi connectivity index (χ0v) is 13.1. The molecule has 1 N–H and O–H groups in total. The third kappa shape index (κ3) is 3.22. The Labute approximate surface area is 120 Å². The molecule has 98 valence electrons. The van der Waals surface area contributed by atoms with Crippen LogP contribution in [0.15, 0.2) is 21.3 Å². The summed E-state index contributed by atoms with van der Waals surface area (Å²) in [6, 6.07) is 2.18. The predicted molar refractivity (Wildman–Crippen MR) is 80.1 cm³/mol. The molecule has 0 radical (unpaired) electrons. The second-order valence-corrected chi connectivity index (χ2v) is 5.79. The van der Waals surface area contributed by atoms with Crippen molar-refractivity contribution in [2.75, 3.05) is 6.54 Å². The van der Waals surface area contributed by atoms with Gasteiger partial charge in [0.25, 0.3) is 0 Å². The highest BCUT2D eigenvalue weighted by Crippen LogP contribution is 2.20. The van der Waals surface area contributed by atoms with E-state index in [0.29, 0.717) is 0 Å². The van der Waals surface area contributed by atoms with Crippen molar-refractivity contribution in [3.05, 3.63) is 38.3 Å². The van der Waals surface area contributed by atoms with Crippen LogP contribution in [0.5, 0.6) is 0 Å². The van der Waals surface area contributed by atoms with Gasteiger partial charge in [0.1, 0.15) is 0 Å². The highest BCUT2D eigenvalue weighted by Gasteiger charge is 2.10. The Bertz CT molecular complexity index is 491. The first kappa shape index (κ1) is 13.8. The number of hydrogen-bond acceptors (Lipinski definition) is 3. The largest absolute Gasteiger partial charge is 0.311 e. The Hall–Kier alpha value is -0.650. The third-order valence-corrected chi connectivity index (χ3v) is 4.68. The van der Waals surface area contributed by atoms with E-state index in [4.69, 9.17) is 0 Å². The quantitative estimate of drug-likeness (QED) is 0.824. The van der Waals surface area contributed by atoms with Gasteiger partial charge >= 0.3 is 0 Å². The first-order chi connectivity index (χ1) is 8.72. The SMILES string of the molecule is CCn1nc(C)c(Br)c1CNCCc1ccsc1. The summed E-state index contributed by atoms with van der Waals surface area (Å²) in [4.78, 5) is 0. The third-order valence-electron chi connectivity index (χ3n) is 2.92. The average Bonchev–Trinajstić information content (AvgIpc) is 2.96. The van der Waals surface area contributed by atoms with E-state index >= 15 is 0 Å². The van der Waals surface area contributed by atoms with Crippen LogP contribution in [-0.4, -0.2) is 16.3 Å². The van der Waals surface area contributed by atoms with Crippen molar-refractivity contribution in [1.29, 1.82) is 0 Å². The molecule has 3 nitrogen and oxygen atoms in total. The second kappa shape index (κ2) is 6.50. The molecule has 0 aromatic carbocycles. The fraction of sp³-hybridized carbons (Fsp3) is 0.462. The molecular formula is C13H18BrN3S. The lowest BCUT2D eigenvalue weighted by Crippen LogP contribution is -2.19. The van der Waals surface area contributed by atoms with Gasteiger partial charge in [-0.3, -0.25) is 4.68 Å². The topological polar surface area (TPSA) is 29.9 Å². The summed E-state index contributed by atoms with van der Waals surface area (Å²) in [6.45, 7) is 6.92. The average molecular weight is 328 g/mol. The molecule has 0 aliphatic carbocycles. The maximum Gasteiger partial charge on any atom is 0.0739 e. The molecule has 5 heteroatoms. The van der Waals surface area contributed by atoms with Crippen molar-refractivity contribution in [3.63, 3.8) is 0 Å². The molecule has 0 aliphatic heterocycles. The molecule has 0 fully saturated rings. The van der Waals surface area contributed by atoms with Crippen LogP contribution in [0.3, 0.4) is 0 Å². The minimum atomic E-state index is 0.861. The van der Waals surface area contributed by atoms with Crippen molar-refractivity contribution < 1.29 is 0 Å². The zero-order valence-electron chi connectivity index (χ0n) is 10.7. The van der Waals surface area contributed by atoms with Crippen molar-refractivity contribution in [2.45, 2.75) is 33.4 Å². The number of thiophene rings is 1. The maximum absolute atomic E-state index is 4.49. The molecule has 0 atom stereocenters. The van der Waals surface area contributed by atoms with Crippen LogP contribution >= 0.6 is 27.3 Å². The van der Waals surface area contributed by atoms with E-state index < -0.39 is 0 Å². The van der Waals surface area contributed by atoms with E-state index in [0.717, 1.165) is 36.2 Å². The van der Waals surface area contributed by atoms with Gasteiger partial charge in [-0.05, 0) is 65.1 Å². The Morgan fingerprint density at radius 1 is 1.50 bits per heavy atom. The molecule has 0 saturated heterocycles. The molecule has 2 aromatic heterocycles. The molecule has 0 aliphatic rings. The van der Waals surface area contributed by atoms with Gasteiger partial charge in [0.2, 0.25) is 0 Å². The van der Waals surface area contributed by atoms with Gasteiger partial charge in [0, 0.05) is 13.1 Å². The molecule has 2 rings (SSSR count). The lowest BCUT2D eigenvalue weighted by molar-refractivity contribution is 0.579. The number of rotatable bonds is 6. The van der Waals surface area contributed by atoms with Crippen molar-refractivity contribution in [1.82, 2.24) is 15.1 Å². The van der Waals surface area contributed by atoms with Crippen LogP contribution in [0, 0.1) is 6.92 Å². The van der Waals surface area contributed by atoms with Gasteiger partial charge in [0.05, 0.1) is 15.9 Å². The van der Waals surface area contributed by atoms with Gasteiger partial charge in [-0.25, -0.2) is 0 Å². The molecule has 0 spiro atoms. The number of hydrogen-bond donors (Lipinski definition) is 1. The first-order valence-corrected chi connectivity index (χ1v) is 7.89. The van der Waals surface area contributed by atoms with E-state index in [-0.39, 0.29) is 0 Å². The smallest absolute Gasteiger partial charge is 0.0739 e.